The first-order valence-corrected chi connectivity index (χ1v) is 5.41. The van der Waals surface area contributed by atoms with Gasteiger partial charge in [-0.05, 0) is 19.4 Å². The van der Waals surface area contributed by atoms with E-state index in [0.717, 1.165) is 5.75 Å². The van der Waals surface area contributed by atoms with Gasteiger partial charge >= 0.3 is 0 Å². The fourth-order valence-corrected chi connectivity index (χ4v) is 1.74. The molecule has 1 rings (SSSR count). The predicted octanol–water partition coefficient (Wildman–Crippen LogP) is 2.77. The third-order valence-electron chi connectivity index (χ3n) is 1.85. The first-order chi connectivity index (χ1) is 6.14. The van der Waals surface area contributed by atoms with Gasteiger partial charge in [0, 0.05) is 17.0 Å². The van der Waals surface area contributed by atoms with Gasteiger partial charge < -0.3 is 0 Å². The molecule has 2 radical (unpaired) electrons. The number of nitrogens with zero attached hydrogens (tertiary/aromatic N) is 1. The minimum absolute atomic E-state index is 0.0319. The van der Waals surface area contributed by atoms with Crippen LogP contribution in [0.15, 0.2) is 30.3 Å². The Morgan fingerprint density at radius 3 is 2.38 bits per heavy atom. The molecule has 70 valence electrons. The Labute approximate surface area is 84.7 Å². The third kappa shape index (κ3) is 3.83. The smallest absolute Gasteiger partial charge is 0.0463 e. The van der Waals surface area contributed by atoms with E-state index in [9.17, 15) is 0 Å². The number of benzene rings is 1. The lowest BCUT2D eigenvalue weighted by Crippen LogP contribution is -2.21. The van der Waals surface area contributed by atoms with Gasteiger partial charge in [-0.25, -0.2) is 0 Å². The van der Waals surface area contributed by atoms with Crippen molar-refractivity contribution in [2.45, 2.75) is 24.3 Å². The predicted molar refractivity (Wildman–Crippen MR) is 58.8 cm³/mol. The minimum Gasteiger partial charge on any atom is -0.149 e. The van der Waals surface area contributed by atoms with Gasteiger partial charge in [-0.3, -0.25) is 0 Å². The summed E-state index contributed by atoms with van der Waals surface area (Å²) in [6.45, 7) is 4.34. The highest BCUT2D eigenvalue weighted by atomic mass is 32.2. The van der Waals surface area contributed by atoms with Crippen molar-refractivity contribution in [3.8, 4) is 0 Å². The molecule has 0 aromatic heterocycles. The van der Waals surface area contributed by atoms with E-state index in [2.05, 4.69) is 26.0 Å². The van der Waals surface area contributed by atoms with E-state index in [1.807, 2.05) is 18.2 Å². The Morgan fingerprint density at radius 2 is 1.85 bits per heavy atom. The molecule has 0 atom stereocenters. The molecule has 0 saturated heterocycles. The van der Waals surface area contributed by atoms with Crippen molar-refractivity contribution in [1.82, 2.24) is 5.73 Å². The summed E-state index contributed by atoms with van der Waals surface area (Å²) in [6, 6.07) is 10.3. The topological polar surface area (TPSA) is 22.3 Å². The van der Waals surface area contributed by atoms with E-state index in [4.69, 9.17) is 5.73 Å². The van der Waals surface area contributed by atoms with Crippen LogP contribution in [0.5, 0.6) is 0 Å². The Kier molecular flexibility index (Phi) is 3.82. The molecule has 13 heavy (non-hydrogen) atoms. The molecule has 0 N–H and O–H groups in total. The molecule has 0 fully saturated rings. The van der Waals surface area contributed by atoms with Crippen LogP contribution in [-0.2, 0) is 5.75 Å². The Balaban J connectivity index is 2.44. The van der Waals surface area contributed by atoms with Crippen molar-refractivity contribution in [2.75, 3.05) is 6.54 Å². The second-order valence-corrected chi connectivity index (χ2v) is 5.37. The van der Waals surface area contributed by atoms with Gasteiger partial charge in [0.15, 0.2) is 0 Å². The largest absolute Gasteiger partial charge is 0.149 e. The van der Waals surface area contributed by atoms with Crippen molar-refractivity contribution in [2.24, 2.45) is 0 Å². The van der Waals surface area contributed by atoms with Crippen LogP contribution in [0.2, 0.25) is 0 Å². The SMILES string of the molecule is CC(C)(C[N])SCc1ccccc1. The van der Waals surface area contributed by atoms with Crippen molar-refractivity contribution in [1.29, 1.82) is 0 Å². The molecule has 2 heteroatoms. The molecule has 0 heterocycles. The maximum atomic E-state index is 9.05. The second kappa shape index (κ2) is 4.68. The van der Waals surface area contributed by atoms with Crippen LogP contribution >= 0.6 is 11.8 Å². The number of hydrogen-bond acceptors (Lipinski definition) is 1. The maximum Gasteiger partial charge on any atom is 0.0463 e. The molecule has 1 nitrogen and oxygen atoms in total. The lowest BCUT2D eigenvalue weighted by atomic mass is 10.2. The Hall–Kier alpha value is -0.470. The van der Waals surface area contributed by atoms with Crippen molar-refractivity contribution < 1.29 is 0 Å². The van der Waals surface area contributed by atoms with Gasteiger partial charge in [-0.1, -0.05) is 30.3 Å². The van der Waals surface area contributed by atoms with E-state index in [-0.39, 0.29) is 11.3 Å². The molecule has 1 aromatic rings. The zero-order chi connectivity index (χ0) is 9.73. The lowest BCUT2D eigenvalue weighted by molar-refractivity contribution is 0.710. The van der Waals surface area contributed by atoms with Crippen LogP contribution in [0.25, 0.3) is 0 Å². The minimum atomic E-state index is -0.0319. The summed E-state index contributed by atoms with van der Waals surface area (Å²) < 4.78 is -0.0319. The highest BCUT2D eigenvalue weighted by Gasteiger charge is 2.16. The molecular formula is C11H15NS. The van der Waals surface area contributed by atoms with Gasteiger partial charge in [0.05, 0.1) is 0 Å². The average molecular weight is 193 g/mol. The monoisotopic (exact) mass is 193 g/mol. The fourth-order valence-electron chi connectivity index (χ4n) is 0.899. The lowest BCUT2D eigenvalue weighted by Gasteiger charge is -2.20. The van der Waals surface area contributed by atoms with Gasteiger partial charge in [0.2, 0.25) is 0 Å². The highest BCUT2D eigenvalue weighted by molar-refractivity contribution is 7.99. The van der Waals surface area contributed by atoms with Crippen molar-refractivity contribution >= 4 is 11.8 Å². The summed E-state index contributed by atoms with van der Waals surface area (Å²) in [5, 5.41) is 0. The summed E-state index contributed by atoms with van der Waals surface area (Å²) in [7, 11) is 0. The van der Waals surface area contributed by atoms with Crippen molar-refractivity contribution in [3.05, 3.63) is 35.9 Å². The van der Waals surface area contributed by atoms with Gasteiger partial charge in [0.1, 0.15) is 0 Å². The first-order valence-electron chi connectivity index (χ1n) is 4.43. The second-order valence-electron chi connectivity index (χ2n) is 3.69. The number of hydrogen-bond donors (Lipinski definition) is 0. The fraction of sp³-hybridized carbons (Fsp3) is 0.455. The third-order valence-corrected chi connectivity index (χ3v) is 3.24. The van der Waals surface area contributed by atoms with E-state index in [1.165, 1.54) is 5.56 Å². The quantitative estimate of drug-likeness (QED) is 0.720. The summed E-state index contributed by atoms with van der Waals surface area (Å²) >= 11 is 1.78. The Morgan fingerprint density at radius 1 is 1.23 bits per heavy atom. The molecule has 0 bridgehead atoms. The molecule has 0 saturated carbocycles. The maximum absolute atomic E-state index is 9.05. The van der Waals surface area contributed by atoms with E-state index in [0.29, 0.717) is 0 Å². The normalized spacial score (nSPS) is 11.6. The van der Waals surface area contributed by atoms with Gasteiger partial charge in [0.25, 0.3) is 0 Å². The van der Waals surface area contributed by atoms with Crippen molar-refractivity contribution in [3.63, 3.8) is 0 Å². The molecule has 0 amide bonds. The zero-order valence-corrected chi connectivity index (χ0v) is 8.97. The average Bonchev–Trinajstić information content (AvgIpc) is 2.17. The van der Waals surface area contributed by atoms with E-state index >= 15 is 0 Å². The molecule has 0 aliphatic heterocycles. The van der Waals surface area contributed by atoms with Crippen LogP contribution in [0.4, 0.5) is 0 Å². The Bertz CT molecular complexity index is 244. The van der Waals surface area contributed by atoms with Gasteiger partial charge in [-0.15, -0.1) is 17.5 Å². The molecule has 0 unspecified atom stereocenters. The zero-order valence-electron chi connectivity index (χ0n) is 8.16. The number of thioether (sulfide) groups is 1. The molecule has 0 aliphatic carbocycles. The molecule has 0 aliphatic rings. The number of rotatable bonds is 4. The molecular weight excluding hydrogens is 178 g/mol. The van der Waals surface area contributed by atoms with Crippen LogP contribution in [0, 0.1) is 0 Å². The summed E-state index contributed by atoms with van der Waals surface area (Å²) in [6.07, 6.45) is 0. The van der Waals surface area contributed by atoms with Crippen LogP contribution in [-0.4, -0.2) is 11.3 Å². The van der Waals surface area contributed by atoms with Crippen LogP contribution in [0.3, 0.4) is 0 Å². The molecule has 0 spiro atoms. The highest BCUT2D eigenvalue weighted by Crippen LogP contribution is 2.26. The summed E-state index contributed by atoms with van der Waals surface area (Å²) in [5.41, 5.74) is 10.4. The summed E-state index contributed by atoms with van der Waals surface area (Å²) in [5.74, 6) is 0.967. The first kappa shape index (κ1) is 10.6. The van der Waals surface area contributed by atoms with Gasteiger partial charge in [-0.2, -0.15) is 0 Å². The van der Waals surface area contributed by atoms with Crippen LogP contribution in [0.1, 0.15) is 19.4 Å². The molecule has 1 aromatic carbocycles. The van der Waals surface area contributed by atoms with Crippen LogP contribution < -0.4 is 5.73 Å². The summed E-state index contributed by atoms with van der Waals surface area (Å²) in [4.78, 5) is 0. The standard InChI is InChI=1S/C11H15NS/c1-11(2,9-12)13-8-10-6-4-3-5-7-10/h3-7H,8-9H2,1-2H3. The van der Waals surface area contributed by atoms with E-state index in [1.54, 1.807) is 11.8 Å². The van der Waals surface area contributed by atoms with E-state index < -0.39 is 0 Å².